The van der Waals surface area contributed by atoms with Crippen LogP contribution in [0.15, 0.2) is 125 Å². The Labute approximate surface area is 297 Å². The molecule has 0 aromatic heterocycles. The Morgan fingerprint density at radius 2 is 1.44 bits per heavy atom. The molecule has 5 rings (SSSR count). The van der Waals surface area contributed by atoms with Gasteiger partial charge in [-0.05, 0) is 40.0 Å². The molecule has 262 valence electrons. The van der Waals surface area contributed by atoms with Crippen molar-refractivity contribution in [2.24, 2.45) is 5.16 Å². The maximum absolute atomic E-state index is 13.4. The van der Waals surface area contributed by atoms with Gasteiger partial charge in [-0.1, -0.05) is 141 Å². The normalized spacial score (nSPS) is 16.2. The van der Waals surface area contributed by atoms with Gasteiger partial charge < -0.3 is 18.7 Å². The zero-order valence-corrected chi connectivity index (χ0v) is 30.8. The first-order valence-electron chi connectivity index (χ1n) is 16.7. The Morgan fingerprint density at radius 1 is 0.860 bits per heavy atom. The Hall–Kier alpha value is -4.08. The number of hydrogen-bond donors (Lipinski definition) is 0. The maximum atomic E-state index is 13.4. The minimum atomic E-state index is -4.14. The molecule has 0 saturated heterocycles. The average molecular weight is 712 g/mol. The second-order valence-corrected chi connectivity index (χ2v) is 19.2. The molecular formula is C40H45NO7SSi. The van der Waals surface area contributed by atoms with Gasteiger partial charge >= 0.3 is 0 Å². The molecule has 0 fully saturated rings. The van der Waals surface area contributed by atoms with Crippen LogP contribution < -0.4 is 10.4 Å². The van der Waals surface area contributed by atoms with Crippen molar-refractivity contribution >= 4 is 34.5 Å². The fourth-order valence-corrected chi connectivity index (χ4v) is 11.7. The van der Waals surface area contributed by atoms with Crippen molar-refractivity contribution in [2.75, 3.05) is 19.8 Å². The van der Waals surface area contributed by atoms with E-state index in [9.17, 15) is 8.42 Å². The van der Waals surface area contributed by atoms with Crippen LogP contribution in [0.3, 0.4) is 0 Å². The summed E-state index contributed by atoms with van der Waals surface area (Å²) in [6, 6.07) is 36.7. The molecule has 1 heterocycles. The zero-order valence-electron chi connectivity index (χ0n) is 29.0. The highest BCUT2D eigenvalue weighted by atomic mass is 32.2. The van der Waals surface area contributed by atoms with Crippen LogP contribution in [0.1, 0.15) is 38.3 Å². The van der Waals surface area contributed by atoms with Gasteiger partial charge in [-0.15, -0.1) is 6.42 Å². The molecule has 50 heavy (non-hydrogen) atoms. The lowest BCUT2D eigenvalue weighted by Crippen LogP contribution is -2.67. The first-order chi connectivity index (χ1) is 24.0. The SMILES string of the molecule is C#CC1=NO[C@H]([C@@H](CO[Si](c2ccccc2)(c2ccccc2)C(C)(C)C)OC[C@H](COCc2ccccc2)OS(=O)(=O)c2ccc(C)cc2)C1. The van der Waals surface area contributed by atoms with Gasteiger partial charge in [0.05, 0.1) is 31.3 Å². The summed E-state index contributed by atoms with van der Waals surface area (Å²) in [6.45, 7) is 8.73. The van der Waals surface area contributed by atoms with Gasteiger partial charge in [0.1, 0.15) is 17.9 Å². The summed E-state index contributed by atoms with van der Waals surface area (Å²) in [7, 11) is -7.10. The van der Waals surface area contributed by atoms with Gasteiger partial charge in [0.15, 0.2) is 6.10 Å². The molecule has 4 aromatic carbocycles. The summed E-state index contributed by atoms with van der Waals surface area (Å²) >= 11 is 0. The Kier molecular flexibility index (Phi) is 12.5. The van der Waals surface area contributed by atoms with Gasteiger partial charge in [-0.3, -0.25) is 4.18 Å². The Morgan fingerprint density at radius 3 is 1.98 bits per heavy atom. The van der Waals surface area contributed by atoms with Gasteiger partial charge in [-0.2, -0.15) is 8.42 Å². The fraction of sp³-hybridized carbons (Fsp3) is 0.325. The first kappa shape index (κ1) is 37.2. The topological polar surface area (TPSA) is 92.7 Å². The highest BCUT2D eigenvalue weighted by Gasteiger charge is 2.51. The molecule has 0 spiro atoms. The van der Waals surface area contributed by atoms with Gasteiger partial charge in [0.2, 0.25) is 0 Å². The predicted octanol–water partition coefficient (Wildman–Crippen LogP) is 6.03. The molecule has 4 aromatic rings. The molecule has 0 unspecified atom stereocenters. The standard InChI is InChI=1S/C40H45NO7SSi/c1-6-33-26-38(47-41-33)39(30-46-50(40(3,4)5,36-18-12-8-13-19-36)37-20-14-9-15-21-37)45-29-34(28-44-27-32-16-10-7-11-17-32)48-49(42,43)35-24-22-31(2)23-25-35/h1,7-25,34,38-39H,26-30H2,2-5H3/t34-,38-,39+/m0/s1. The second kappa shape index (κ2) is 16.7. The van der Waals surface area contributed by atoms with Crippen LogP contribution in [0.2, 0.25) is 5.04 Å². The van der Waals surface area contributed by atoms with Crippen molar-refractivity contribution in [1.82, 2.24) is 0 Å². The highest BCUT2D eigenvalue weighted by Crippen LogP contribution is 2.37. The largest absolute Gasteiger partial charge is 0.405 e. The molecule has 0 bridgehead atoms. The number of nitrogens with zero attached hydrogens (tertiary/aromatic N) is 1. The van der Waals surface area contributed by atoms with Crippen LogP contribution in [-0.2, 0) is 39.6 Å². The van der Waals surface area contributed by atoms with E-state index in [-0.39, 0.29) is 36.4 Å². The van der Waals surface area contributed by atoms with Crippen LogP contribution in [0.4, 0.5) is 0 Å². The molecule has 3 atom stereocenters. The van der Waals surface area contributed by atoms with Crippen molar-refractivity contribution in [3.05, 3.63) is 126 Å². The second-order valence-electron chi connectivity index (χ2n) is 13.4. The van der Waals surface area contributed by atoms with Crippen LogP contribution in [0, 0.1) is 19.3 Å². The van der Waals surface area contributed by atoms with E-state index in [1.807, 2.05) is 73.7 Å². The number of oxime groups is 1. The lowest BCUT2D eigenvalue weighted by atomic mass is 10.1. The highest BCUT2D eigenvalue weighted by molar-refractivity contribution is 7.86. The monoisotopic (exact) mass is 711 g/mol. The smallest absolute Gasteiger partial charge is 0.297 e. The van der Waals surface area contributed by atoms with E-state index in [0.717, 1.165) is 21.5 Å². The lowest BCUT2D eigenvalue weighted by molar-refractivity contribution is -0.102. The predicted molar refractivity (Wildman–Crippen MR) is 198 cm³/mol. The number of aryl methyl sites for hydroxylation is 1. The fourth-order valence-electron chi connectivity index (χ4n) is 6.07. The van der Waals surface area contributed by atoms with E-state index in [1.54, 1.807) is 12.1 Å². The molecule has 0 radical (unpaired) electrons. The molecule has 10 heteroatoms. The molecule has 0 N–H and O–H groups in total. The van der Waals surface area contributed by atoms with Gasteiger partial charge in [-0.25, -0.2) is 0 Å². The van der Waals surface area contributed by atoms with Gasteiger partial charge in [0.25, 0.3) is 18.4 Å². The summed E-state index contributed by atoms with van der Waals surface area (Å²) in [5.74, 6) is 2.57. The van der Waals surface area contributed by atoms with E-state index in [4.69, 9.17) is 29.3 Å². The van der Waals surface area contributed by atoms with Gasteiger partial charge in [0, 0.05) is 6.42 Å². The minimum Gasteiger partial charge on any atom is -0.405 e. The molecule has 1 aliphatic heterocycles. The van der Waals surface area contributed by atoms with Crippen LogP contribution in [0.25, 0.3) is 0 Å². The zero-order chi connectivity index (χ0) is 35.6. The van der Waals surface area contributed by atoms with E-state index < -0.39 is 36.7 Å². The number of rotatable bonds is 16. The van der Waals surface area contributed by atoms with Crippen molar-refractivity contribution < 1.29 is 31.3 Å². The summed E-state index contributed by atoms with van der Waals surface area (Å²) in [5, 5.41) is 6.04. The first-order valence-corrected chi connectivity index (χ1v) is 20.0. The van der Waals surface area contributed by atoms with E-state index in [1.165, 1.54) is 12.1 Å². The molecule has 0 aliphatic carbocycles. The Balaban J connectivity index is 1.42. The van der Waals surface area contributed by atoms with Crippen LogP contribution >= 0.6 is 0 Å². The van der Waals surface area contributed by atoms with E-state index >= 15 is 0 Å². The van der Waals surface area contributed by atoms with Crippen molar-refractivity contribution in [3.63, 3.8) is 0 Å². The molecule has 0 amide bonds. The summed E-state index contributed by atoms with van der Waals surface area (Å²) in [5.41, 5.74) is 2.35. The maximum Gasteiger partial charge on any atom is 0.297 e. The summed E-state index contributed by atoms with van der Waals surface area (Å²) in [6.07, 6.45) is 3.82. The Bertz CT molecular complexity index is 1800. The molecule has 1 aliphatic rings. The van der Waals surface area contributed by atoms with Crippen molar-refractivity contribution in [2.45, 2.75) is 69.0 Å². The quantitative estimate of drug-likeness (QED) is 0.0797. The lowest BCUT2D eigenvalue weighted by Gasteiger charge is -2.44. The third kappa shape index (κ3) is 9.17. The number of benzene rings is 4. The molecule has 0 saturated carbocycles. The number of hydrogen-bond acceptors (Lipinski definition) is 8. The summed E-state index contributed by atoms with van der Waals surface area (Å²) in [4.78, 5) is 5.85. The van der Waals surface area contributed by atoms with Crippen LogP contribution in [-0.4, -0.2) is 60.6 Å². The molecular weight excluding hydrogens is 667 g/mol. The van der Waals surface area contributed by atoms with E-state index in [2.05, 4.69) is 56.1 Å². The van der Waals surface area contributed by atoms with Crippen LogP contribution in [0.5, 0.6) is 0 Å². The number of terminal acetylenes is 1. The van der Waals surface area contributed by atoms with Crippen molar-refractivity contribution in [1.29, 1.82) is 0 Å². The minimum absolute atomic E-state index is 0.0418. The van der Waals surface area contributed by atoms with E-state index in [0.29, 0.717) is 12.1 Å². The number of ether oxygens (including phenoxy) is 2. The third-order valence-corrected chi connectivity index (χ3v) is 15.0. The summed E-state index contributed by atoms with van der Waals surface area (Å²) < 4.78 is 52.4. The molecule has 8 nitrogen and oxygen atoms in total. The average Bonchev–Trinajstić information content (AvgIpc) is 3.60. The van der Waals surface area contributed by atoms with Crippen molar-refractivity contribution in [3.8, 4) is 12.3 Å². The third-order valence-electron chi connectivity index (χ3n) is 8.64.